The predicted octanol–water partition coefficient (Wildman–Crippen LogP) is 0.712. The minimum absolute atomic E-state index is 0.111. The zero-order chi connectivity index (χ0) is 11.1. The Morgan fingerprint density at radius 3 is 3.13 bits per heavy atom. The molecule has 1 atom stereocenters. The minimum Gasteiger partial charge on any atom is -0.394 e. The van der Waals surface area contributed by atoms with E-state index in [0.29, 0.717) is 12.6 Å². The fourth-order valence-corrected chi connectivity index (χ4v) is 1.31. The van der Waals surface area contributed by atoms with Crippen LogP contribution in [0.4, 0.5) is 5.69 Å². The molecule has 0 radical (unpaired) electrons. The largest absolute Gasteiger partial charge is 0.394 e. The fraction of sp³-hybridized carbons (Fsp3) is 0.700. The van der Waals surface area contributed by atoms with Crippen LogP contribution in [0.2, 0.25) is 0 Å². The van der Waals surface area contributed by atoms with E-state index in [1.54, 1.807) is 18.0 Å². The molecule has 0 amide bonds. The number of hydrogen-bond acceptors (Lipinski definition) is 4. The summed E-state index contributed by atoms with van der Waals surface area (Å²) in [4.78, 5) is 0. The highest BCUT2D eigenvalue weighted by Crippen LogP contribution is 2.08. The summed E-state index contributed by atoms with van der Waals surface area (Å²) in [5.74, 6) is 0. The zero-order valence-electron chi connectivity index (χ0n) is 9.31. The minimum atomic E-state index is 0.111. The average Bonchev–Trinajstić information content (AvgIpc) is 2.63. The zero-order valence-corrected chi connectivity index (χ0v) is 9.31. The van der Waals surface area contributed by atoms with E-state index in [1.165, 1.54) is 0 Å². The Kier molecular flexibility index (Phi) is 5.14. The van der Waals surface area contributed by atoms with Crippen LogP contribution in [0.1, 0.15) is 13.3 Å². The summed E-state index contributed by atoms with van der Waals surface area (Å²) in [6.45, 7) is 3.50. The molecular formula is C10H19N3O2. The third-order valence-electron chi connectivity index (χ3n) is 2.13. The lowest BCUT2D eigenvalue weighted by Gasteiger charge is -2.12. The number of aromatic nitrogens is 2. The fourth-order valence-electron chi connectivity index (χ4n) is 1.31. The number of hydrogen-bond donors (Lipinski definition) is 2. The average molecular weight is 213 g/mol. The van der Waals surface area contributed by atoms with Crippen LogP contribution in [0.5, 0.6) is 0 Å². The lowest BCUT2D eigenvalue weighted by Crippen LogP contribution is -2.16. The highest BCUT2D eigenvalue weighted by Gasteiger charge is 2.03. The summed E-state index contributed by atoms with van der Waals surface area (Å²) in [7, 11) is 1.70. The van der Waals surface area contributed by atoms with Gasteiger partial charge in [-0.15, -0.1) is 0 Å². The summed E-state index contributed by atoms with van der Waals surface area (Å²) in [6.07, 6.45) is 4.61. The molecule has 1 aromatic heterocycles. The van der Waals surface area contributed by atoms with Crippen molar-refractivity contribution in [2.75, 3.05) is 25.6 Å². The molecule has 0 saturated carbocycles. The smallest absolute Gasteiger partial charge is 0.0728 e. The topological polar surface area (TPSA) is 59.3 Å². The molecule has 0 fully saturated rings. The highest BCUT2D eigenvalue weighted by molar-refractivity contribution is 5.38. The Morgan fingerprint density at radius 1 is 1.67 bits per heavy atom. The summed E-state index contributed by atoms with van der Waals surface area (Å²) in [5, 5.41) is 16.1. The Morgan fingerprint density at radius 2 is 2.47 bits per heavy atom. The number of anilines is 1. The van der Waals surface area contributed by atoms with Gasteiger partial charge in [0.15, 0.2) is 0 Å². The van der Waals surface area contributed by atoms with Crippen molar-refractivity contribution in [1.82, 2.24) is 9.78 Å². The molecule has 0 aliphatic carbocycles. The van der Waals surface area contributed by atoms with Crippen molar-refractivity contribution in [2.24, 2.45) is 0 Å². The molecule has 1 rings (SSSR count). The van der Waals surface area contributed by atoms with Crippen molar-refractivity contribution in [2.45, 2.75) is 25.9 Å². The van der Waals surface area contributed by atoms with Gasteiger partial charge >= 0.3 is 0 Å². The van der Waals surface area contributed by atoms with Gasteiger partial charge in [0.1, 0.15) is 0 Å². The molecule has 1 heterocycles. The molecule has 1 unspecified atom stereocenters. The Bertz CT molecular complexity index is 275. The monoisotopic (exact) mass is 213 g/mol. The third kappa shape index (κ3) is 4.31. The Labute approximate surface area is 90.1 Å². The van der Waals surface area contributed by atoms with Crippen molar-refractivity contribution in [3.05, 3.63) is 12.4 Å². The number of ether oxygens (including phenoxy) is 1. The van der Waals surface area contributed by atoms with Gasteiger partial charge in [0, 0.05) is 26.0 Å². The maximum Gasteiger partial charge on any atom is 0.0728 e. The molecule has 5 heteroatoms. The molecule has 15 heavy (non-hydrogen) atoms. The van der Waals surface area contributed by atoms with E-state index in [4.69, 9.17) is 9.84 Å². The van der Waals surface area contributed by atoms with Crippen LogP contribution < -0.4 is 5.32 Å². The lowest BCUT2D eigenvalue weighted by molar-refractivity contribution is 0.191. The molecular weight excluding hydrogens is 194 g/mol. The van der Waals surface area contributed by atoms with E-state index < -0.39 is 0 Å². The van der Waals surface area contributed by atoms with Crippen LogP contribution in [0.15, 0.2) is 12.4 Å². The van der Waals surface area contributed by atoms with Gasteiger partial charge in [-0.05, 0) is 13.3 Å². The Balaban J connectivity index is 2.35. The quantitative estimate of drug-likeness (QED) is 0.700. The molecule has 1 aromatic rings. The molecule has 0 aliphatic heterocycles. The first kappa shape index (κ1) is 12.0. The van der Waals surface area contributed by atoms with E-state index in [-0.39, 0.29) is 6.61 Å². The van der Waals surface area contributed by atoms with Gasteiger partial charge in [0.05, 0.1) is 25.0 Å². The van der Waals surface area contributed by atoms with Crippen LogP contribution in [-0.2, 0) is 11.3 Å². The molecule has 5 nitrogen and oxygen atoms in total. The maximum atomic E-state index is 8.73. The number of rotatable bonds is 7. The number of nitrogens with zero attached hydrogens (tertiary/aromatic N) is 2. The van der Waals surface area contributed by atoms with Gasteiger partial charge in [-0.25, -0.2) is 0 Å². The summed E-state index contributed by atoms with van der Waals surface area (Å²) >= 11 is 0. The van der Waals surface area contributed by atoms with Crippen molar-refractivity contribution in [3.63, 3.8) is 0 Å². The van der Waals surface area contributed by atoms with Crippen LogP contribution in [0, 0.1) is 0 Å². The number of methoxy groups -OCH3 is 1. The second kappa shape index (κ2) is 6.42. The van der Waals surface area contributed by atoms with Crippen LogP contribution in [-0.4, -0.2) is 41.3 Å². The molecule has 0 bridgehead atoms. The van der Waals surface area contributed by atoms with E-state index >= 15 is 0 Å². The molecule has 0 aromatic carbocycles. The normalized spacial score (nSPS) is 12.7. The number of nitrogens with one attached hydrogen (secondary N) is 1. The summed E-state index contributed by atoms with van der Waals surface area (Å²) in [5.41, 5.74) is 0.979. The SMILES string of the molecule is COCCC(C)Nc1cnn(CCO)c1. The summed E-state index contributed by atoms with van der Waals surface area (Å²) in [6, 6.07) is 0.358. The summed E-state index contributed by atoms with van der Waals surface area (Å²) < 4.78 is 6.71. The van der Waals surface area contributed by atoms with Crippen LogP contribution >= 0.6 is 0 Å². The van der Waals surface area contributed by atoms with E-state index in [2.05, 4.69) is 17.3 Å². The van der Waals surface area contributed by atoms with Crippen molar-refractivity contribution in [3.8, 4) is 0 Å². The number of aliphatic hydroxyl groups is 1. The molecule has 0 spiro atoms. The lowest BCUT2D eigenvalue weighted by atomic mass is 10.2. The van der Waals surface area contributed by atoms with Gasteiger partial charge in [-0.2, -0.15) is 5.10 Å². The number of aliphatic hydroxyl groups excluding tert-OH is 1. The maximum absolute atomic E-state index is 8.73. The van der Waals surface area contributed by atoms with Gasteiger partial charge in [0.25, 0.3) is 0 Å². The van der Waals surface area contributed by atoms with E-state index in [9.17, 15) is 0 Å². The standard InChI is InChI=1S/C10H19N3O2/c1-9(3-6-15-2)12-10-7-11-13(8-10)4-5-14/h7-9,12,14H,3-6H2,1-2H3. The van der Waals surface area contributed by atoms with Crippen molar-refractivity contribution >= 4 is 5.69 Å². The van der Waals surface area contributed by atoms with Gasteiger partial charge in [-0.3, -0.25) is 4.68 Å². The molecule has 86 valence electrons. The van der Waals surface area contributed by atoms with Gasteiger partial charge in [0.2, 0.25) is 0 Å². The first-order chi connectivity index (χ1) is 7.26. The van der Waals surface area contributed by atoms with E-state index in [1.807, 2.05) is 6.20 Å². The van der Waals surface area contributed by atoms with Crippen LogP contribution in [0.3, 0.4) is 0 Å². The second-order valence-corrected chi connectivity index (χ2v) is 3.54. The molecule has 0 aliphatic rings. The predicted molar refractivity (Wildman–Crippen MR) is 58.9 cm³/mol. The first-order valence-corrected chi connectivity index (χ1v) is 5.15. The van der Waals surface area contributed by atoms with Gasteiger partial charge < -0.3 is 15.2 Å². The molecule has 2 N–H and O–H groups in total. The third-order valence-corrected chi connectivity index (χ3v) is 2.13. The van der Waals surface area contributed by atoms with Crippen LogP contribution in [0.25, 0.3) is 0 Å². The van der Waals surface area contributed by atoms with Crippen molar-refractivity contribution in [1.29, 1.82) is 0 Å². The Hall–Kier alpha value is -1.07. The second-order valence-electron chi connectivity index (χ2n) is 3.54. The molecule has 0 saturated heterocycles. The highest BCUT2D eigenvalue weighted by atomic mass is 16.5. The van der Waals surface area contributed by atoms with E-state index in [0.717, 1.165) is 18.7 Å². The van der Waals surface area contributed by atoms with Crippen molar-refractivity contribution < 1.29 is 9.84 Å². The first-order valence-electron chi connectivity index (χ1n) is 5.15. The van der Waals surface area contributed by atoms with Gasteiger partial charge in [-0.1, -0.05) is 0 Å².